The van der Waals surface area contributed by atoms with Crippen LogP contribution in [0.5, 0.6) is 0 Å². The van der Waals surface area contributed by atoms with E-state index in [9.17, 15) is 9.59 Å². The summed E-state index contributed by atoms with van der Waals surface area (Å²) in [5.41, 5.74) is 1.78. The molecule has 2 heterocycles. The molecule has 0 aliphatic carbocycles. The maximum absolute atomic E-state index is 13.0. The fourth-order valence-corrected chi connectivity index (χ4v) is 3.57. The third kappa shape index (κ3) is 5.85. The Balaban J connectivity index is 1.66. The number of morpholine rings is 1. The summed E-state index contributed by atoms with van der Waals surface area (Å²) >= 11 is 1.35. The molecule has 2 aromatic rings. The number of aryl methyl sites for hydroxylation is 1. The lowest BCUT2D eigenvalue weighted by atomic mass is 10.1. The molecule has 2 amide bonds. The van der Waals surface area contributed by atoms with Crippen molar-refractivity contribution in [3.05, 3.63) is 47.0 Å². The first-order chi connectivity index (χ1) is 13.7. The van der Waals surface area contributed by atoms with Crippen LogP contribution in [0, 0.1) is 0 Å². The third-order valence-electron chi connectivity index (χ3n) is 4.70. The Morgan fingerprint density at radius 2 is 2.00 bits per heavy atom. The van der Waals surface area contributed by atoms with Gasteiger partial charge >= 0.3 is 0 Å². The van der Waals surface area contributed by atoms with Crippen molar-refractivity contribution < 1.29 is 14.3 Å². The molecular weight excluding hydrogens is 376 g/mol. The van der Waals surface area contributed by atoms with Crippen molar-refractivity contribution in [2.75, 3.05) is 51.3 Å². The summed E-state index contributed by atoms with van der Waals surface area (Å²) in [7, 11) is 0. The number of amides is 2. The Hall–Kier alpha value is -2.29. The predicted molar refractivity (Wildman–Crippen MR) is 110 cm³/mol. The average molecular weight is 403 g/mol. The number of rotatable bonds is 8. The van der Waals surface area contributed by atoms with Gasteiger partial charge in [-0.05, 0) is 24.1 Å². The quantitative estimate of drug-likeness (QED) is 0.732. The molecule has 1 aliphatic heterocycles. The summed E-state index contributed by atoms with van der Waals surface area (Å²) in [5, 5.41) is 5.09. The van der Waals surface area contributed by atoms with Gasteiger partial charge in [0.15, 0.2) is 5.13 Å². The van der Waals surface area contributed by atoms with Crippen LogP contribution >= 0.6 is 11.3 Å². The van der Waals surface area contributed by atoms with E-state index in [4.69, 9.17) is 4.74 Å². The standard InChI is InChI=1S/C20H26N4O3S/c1-2-16-3-5-17(6-4-16)19(26)24(9-8-23-10-12-27-13-11-23)15-18(25)22-20-21-7-14-28-20/h3-7,14H,2,8-13,15H2,1H3,(H,21,22,25). The second kappa shape index (κ2) is 10.3. The highest BCUT2D eigenvalue weighted by Crippen LogP contribution is 2.12. The molecule has 1 aromatic heterocycles. The van der Waals surface area contributed by atoms with Crippen molar-refractivity contribution in [3.8, 4) is 0 Å². The highest BCUT2D eigenvalue weighted by Gasteiger charge is 2.21. The first-order valence-corrected chi connectivity index (χ1v) is 10.4. The van der Waals surface area contributed by atoms with Crippen LogP contribution in [0.1, 0.15) is 22.8 Å². The molecule has 1 saturated heterocycles. The Morgan fingerprint density at radius 3 is 2.64 bits per heavy atom. The van der Waals surface area contributed by atoms with Gasteiger partial charge in [0.05, 0.1) is 13.2 Å². The molecule has 28 heavy (non-hydrogen) atoms. The number of benzene rings is 1. The van der Waals surface area contributed by atoms with Gasteiger partial charge in [0.25, 0.3) is 5.91 Å². The molecule has 0 radical (unpaired) electrons. The SMILES string of the molecule is CCc1ccc(C(=O)N(CCN2CCOCC2)CC(=O)Nc2nccs2)cc1. The fraction of sp³-hybridized carbons (Fsp3) is 0.450. The van der Waals surface area contributed by atoms with E-state index in [2.05, 4.69) is 22.1 Å². The van der Waals surface area contributed by atoms with E-state index >= 15 is 0 Å². The molecule has 0 saturated carbocycles. The zero-order valence-electron chi connectivity index (χ0n) is 16.1. The zero-order valence-corrected chi connectivity index (χ0v) is 16.9. The smallest absolute Gasteiger partial charge is 0.254 e. The second-order valence-electron chi connectivity index (χ2n) is 6.62. The minimum atomic E-state index is -0.240. The Bertz CT molecular complexity index is 758. The highest BCUT2D eigenvalue weighted by atomic mass is 32.1. The molecule has 0 unspecified atom stereocenters. The molecule has 1 aromatic carbocycles. The van der Waals surface area contributed by atoms with E-state index in [1.54, 1.807) is 16.5 Å². The number of aromatic nitrogens is 1. The summed E-state index contributed by atoms with van der Waals surface area (Å²) < 4.78 is 5.38. The summed E-state index contributed by atoms with van der Waals surface area (Å²) in [6.45, 7) is 6.38. The van der Waals surface area contributed by atoms with Crippen LogP contribution in [0.15, 0.2) is 35.8 Å². The number of hydrogen-bond acceptors (Lipinski definition) is 6. The van der Waals surface area contributed by atoms with Gasteiger partial charge in [0, 0.05) is 43.3 Å². The Labute approximate surface area is 169 Å². The normalized spacial score (nSPS) is 14.6. The topological polar surface area (TPSA) is 74.8 Å². The van der Waals surface area contributed by atoms with Crippen molar-refractivity contribution in [1.82, 2.24) is 14.8 Å². The van der Waals surface area contributed by atoms with Gasteiger partial charge in [0.2, 0.25) is 5.91 Å². The summed E-state index contributed by atoms with van der Waals surface area (Å²) in [6, 6.07) is 7.59. The van der Waals surface area contributed by atoms with Crippen LogP contribution in [0.4, 0.5) is 5.13 Å². The number of carbonyl (C=O) groups is 2. The van der Waals surface area contributed by atoms with Crippen molar-refractivity contribution in [2.45, 2.75) is 13.3 Å². The van der Waals surface area contributed by atoms with E-state index in [-0.39, 0.29) is 18.4 Å². The third-order valence-corrected chi connectivity index (χ3v) is 5.39. The maximum atomic E-state index is 13.0. The van der Waals surface area contributed by atoms with Crippen molar-refractivity contribution in [1.29, 1.82) is 0 Å². The summed E-state index contributed by atoms with van der Waals surface area (Å²) in [5.74, 6) is -0.374. The molecule has 0 bridgehead atoms. The van der Waals surface area contributed by atoms with E-state index in [0.717, 1.165) is 19.5 Å². The second-order valence-corrected chi connectivity index (χ2v) is 7.51. The minimum absolute atomic E-state index is 0.00170. The van der Waals surface area contributed by atoms with Gasteiger partial charge in [-0.15, -0.1) is 11.3 Å². The van der Waals surface area contributed by atoms with Crippen LogP contribution in [0.3, 0.4) is 0 Å². The fourth-order valence-electron chi connectivity index (χ4n) is 3.02. The monoisotopic (exact) mass is 402 g/mol. The molecule has 3 rings (SSSR count). The largest absolute Gasteiger partial charge is 0.379 e. The maximum Gasteiger partial charge on any atom is 0.254 e. The summed E-state index contributed by atoms with van der Waals surface area (Å²) in [6.07, 6.45) is 2.56. The average Bonchev–Trinajstić information content (AvgIpc) is 3.24. The van der Waals surface area contributed by atoms with Crippen LogP contribution in [0.2, 0.25) is 0 Å². The number of carbonyl (C=O) groups excluding carboxylic acids is 2. The number of nitrogens with one attached hydrogen (secondary N) is 1. The first kappa shape index (κ1) is 20.4. The van der Waals surface area contributed by atoms with Gasteiger partial charge in [0.1, 0.15) is 6.54 Å². The van der Waals surface area contributed by atoms with Crippen LogP contribution in [0.25, 0.3) is 0 Å². The van der Waals surface area contributed by atoms with E-state index < -0.39 is 0 Å². The molecule has 1 N–H and O–H groups in total. The van der Waals surface area contributed by atoms with Gasteiger partial charge in [-0.1, -0.05) is 19.1 Å². The van der Waals surface area contributed by atoms with Gasteiger partial charge < -0.3 is 15.0 Å². The van der Waals surface area contributed by atoms with E-state index in [0.29, 0.717) is 37.0 Å². The van der Waals surface area contributed by atoms with Gasteiger partial charge in [-0.25, -0.2) is 4.98 Å². The Morgan fingerprint density at radius 1 is 1.25 bits per heavy atom. The molecule has 1 fully saturated rings. The zero-order chi connectivity index (χ0) is 19.8. The Kier molecular flexibility index (Phi) is 7.53. The van der Waals surface area contributed by atoms with E-state index in [1.807, 2.05) is 24.3 Å². The van der Waals surface area contributed by atoms with Crippen LogP contribution in [-0.2, 0) is 16.0 Å². The number of nitrogens with zero attached hydrogens (tertiary/aromatic N) is 3. The lowest BCUT2D eigenvalue weighted by Gasteiger charge is -2.30. The number of ether oxygens (including phenoxy) is 1. The molecule has 150 valence electrons. The summed E-state index contributed by atoms with van der Waals surface area (Å²) in [4.78, 5) is 33.4. The molecule has 1 aliphatic rings. The van der Waals surface area contributed by atoms with Gasteiger partial charge in [-0.3, -0.25) is 14.5 Å². The van der Waals surface area contributed by atoms with Crippen molar-refractivity contribution in [3.63, 3.8) is 0 Å². The molecule has 0 spiro atoms. The predicted octanol–water partition coefficient (Wildman–Crippen LogP) is 2.12. The van der Waals surface area contributed by atoms with Crippen molar-refractivity contribution >= 4 is 28.3 Å². The van der Waals surface area contributed by atoms with Crippen LogP contribution < -0.4 is 5.32 Å². The molecular formula is C20H26N4O3S. The van der Waals surface area contributed by atoms with E-state index in [1.165, 1.54) is 16.9 Å². The molecule has 8 heteroatoms. The lowest BCUT2D eigenvalue weighted by Crippen LogP contribution is -2.45. The number of anilines is 1. The number of thiazole rings is 1. The van der Waals surface area contributed by atoms with Gasteiger partial charge in [-0.2, -0.15) is 0 Å². The number of hydrogen-bond donors (Lipinski definition) is 1. The minimum Gasteiger partial charge on any atom is -0.379 e. The lowest BCUT2D eigenvalue weighted by molar-refractivity contribution is -0.117. The first-order valence-electron chi connectivity index (χ1n) is 9.53. The highest BCUT2D eigenvalue weighted by molar-refractivity contribution is 7.13. The van der Waals surface area contributed by atoms with Crippen molar-refractivity contribution in [2.24, 2.45) is 0 Å². The molecule has 7 nitrogen and oxygen atoms in total. The van der Waals surface area contributed by atoms with Crippen LogP contribution in [-0.4, -0.2) is 72.5 Å². The molecule has 0 atom stereocenters.